The van der Waals surface area contributed by atoms with Gasteiger partial charge in [-0.1, -0.05) is 11.6 Å². The van der Waals surface area contributed by atoms with Crippen molar-refractivity contribution in [1.29, 1.82) is 0 Å². The first-order valence-corrected chi connectivity index (χ1v) is 5.61. The van der Waals surface area contributed by atoms with Crippen molar-refractivity contribution in [2.75, 3.05) is 6.26 Å². The molecule has 0 N–H and O–H groups in total. The summed E-state index contributed by atoms with van der Waals surface area (Å²) in [5.41, 5.74) is 0.599. The first-order valence-electron chi connectivity index (χ1n) is 3.42. The summed E-state index contributed by atoms with van der Waals surface area (Å²) in [7, 11) is -3.42. The number of hydrogen-bond donors (Lipinski definition) is 0. The van der Waals surface area contributed by atoms with Crippen LogP contribution in [0.4, 0.5) is 0 Å². The summed E-state index contributed by atoms with van der Waals surface area (Å²) in [6.07, 6.45) is 3.94. The summed E-state index contributed by atoms with van der Waals surface area (Å²) in [6.45, 7) is -0.0554. The van der Waals surface area contributed by atoms with E-state index in [4.69, 9.17) is 11.6 Å². The van der Waals surface area contributed by atoms with Gasteiger partial charge in [0.15, 0.2) is 0 Å². The van der Waals surface area contributed by atoms with Gasteiger partial charge >= 0.3 is 0 Å². The van der Waals surface area contributed by atoms with Gasteiger partial charge < -0.3 is 0 Å². The van der Waals surface area contributed by atoms with Crippen LogP contribution < -0.4 is 0 Å². The second kappa shape index (κ2) is 4.04. The molecule has 0 amide bonds. The number of aromatic nitrogens is 1. The van der Waals surface area contributed by atoms with Crippen molar-refractivity contribution in [2.45, 2.75) is 6.61 Å². The van der Waals surface area contributed by atoms with Crippen LogP contribution in [0.1, 0.15) is 5.56 Å². The summed E-state index contributed by atoms with van der Waals surface area (Å²) in [4.78, 5) is 3.75. The zero-order chi connectivity index (χ0) is 9.90. The summed E-state index contributed by atoms with van der Waals surface area (Å²) < 4.78 is 25.8. The van der Waals surface area contributed by atoms with Crippen molar-refractivity contribution in [3.05, 3.63) is 29.0 Å². The smallest absolute Gasteiger partial charge is 0.264 e. The average molecular weight is 222 g/mol. The lowest BCUT2D eigenvalue weighted by atomic mass is 10.3. The van der Waals surface area contributed by atoms with Crippen LogP contribution in [0.5, 0.6) is 0 Å². The predicted octanol–water partition coefficient (Wildman–Crippen LogP) is 1.21. The average Bonchev–Trinajstić information content (AvgIpc) is 2.01. The fourth-order valence-electron chi connectivity index (χ4n) is 0.692. The second-order valence-corrected chi connectivity index (χ2v) is 4.48. The van der Waals surface area contributed by atoms with Gasteiger partial charge in [0.25, 0.3) is 10.1 Å². The molecule has 0 aromatic carbocycles. The largest absolute Gasteiger partial charge is 0.265 e. The Morgan fingerprint density at radius 3 is 2.85 bits per heavy atom. The highest BCUT2D eigenvalue weighted by Gasteiger charge is 2.04. The molecule has 1 heterocycles. The van der Waals surface area contributed by atoms with Gasteiger partial charge in [0, 0.05) is 18.0 Å². The predicted molar refractivity (Wildman–Crippen MR) is 48.9 cm³/mol. The van der Waals surface area contributed by atoms with E-state index < -0.39 is 10.1 Å². The molecule has 0 atom stereocenters. The topological polar surface area (TPSA) is 56.3 Å². The van der Waals surface area contributed by atoms with Crippen molar-refractivity contribution in [2.24, 2.45) is 0 Å². The van der Waals surface area contributed by atoms with Crippen molar-refractivity contribution >= 4 is 21.7 Å². The molecule has 0 unspecified atom stereocenters. The fourth-order valence-corrected chi connectivity index (χ4v) is 1.21. The van der Waals surface area contributed by atoms with Gasteiger partial charge in [0.1, 0.15) is 0 Å². The molecule has 0 radical (unpaired) electrons. The highest BCUT2D eigenvalue weighted by atomic mass is 35.5. The standard InChI is InChI=1S/C7H8ClNO3S/c1-13(10,11)12-5-6-2-3-9-4-7(6)8/h2-4H,5H2,1H3. The molecular formula is C7H8ClNO3S. The third-order valence-electron chi connectivity index (χ3n) is 1.28. The molecule has 13 heavy (non-hydrogen) atoms. The Bertz CT molecular complexity index is 390. The minimum absolute atomic E-state index is 0.0554. The quantitative estimate of drug-likeness (QED) is 0.720. The number of rotatable bonds is 3. The summed E-state index contributed by atoms with van der Waals surface area (Å²) in [5.74, 6) is 0. The molecule has 0 aliphatic carbocycles. The molecule has 0 aliphatic heterocycles. The van der Waals surface area contributed by atoms with E-state index in [0.29, 0.717) is 10.6 Å². The van der Waals surface area contributed by atoms with Crippen LogP contribution in [0.3, 0.4) is 0 Å². The number of nitrogens with zero attached hydrogens (tertiary/aromatic N) is 1. The minimum Gasteiger partial charge on any atom is -0.265 e. The van der Waals surface area contributed by atoms with Crippen molar-refractivity contribution in [3.63, 3.8) is 0 Å². The van der Waals surface area contributed by atoms with Crippen LogP contribution in [0.2, 0.25) is 5.02 Å². The normalized spacial score (nSPS) is 11.5. The maximum Gasteiger partial charge on any atom is 0.264 e. The van der Waals surface area contributed by atoms with E-state index in [0.717, 1.165) is 6.26 Å². The monoisotopic (exact) mass is 221 g/mol. The van der Waals surface area contributed by atoms with E-state index >= 15 is 0 Å². The summed E-state index contributed by atoms with van der Waals surface area (Å²) in [6, 6.07) is 1.60. The Hall–Kier alpha value is -0.650. The van der Waals surface area contributed by atoms with E-state index in [-0.39, 0.29) is 6.61 Å². The van der Waals surface area contributed by atoms with Crippen molar-refractivity contribution in [3.8, 4) is 0 Å². The number of halogens is 1. The van der Waals surface area contributed by atoms with E-state index in [1.54, 1.807) is 6.07 Å². The summed E-state index contributed by atoms with van der Waals surface area (Å²) in [5, 5.41) is 0.395. The van der Waals surface area contributed by atoms with Gasteiger partial charge in [0.05, 0.1) is 17.9 Å². The van der Waals surface area contributed by atoms with Crippen molar-refractivity contribution < 1.29 is 12.6 Å². The Labute approximate surface area is 81.6 Å². The second-order valence-electron chi connectivity index (χ2n) is 2.43. The molecule has 1 rings (SSSR count). The first-order chi connectivity index (χ1) is 5.99. The van der Waals surface area contributed by atoms with Crippen LogP contribution in [-0.2, 0) is 20.9 Å². The lowest BCUT2D eigenvalue weighted by Gasteiger charge is -2.02. The van der Waals surface area contributed by atoms with Crippen LogP contribution in [0.25, 0.3) is 0 Å². The molecule has 1 aromatic heterocycles. The molecule has 0 bridgehead atoms. The van der Waals surface area contributed by atoms with Crippen LogP contribution in [0, 0.1) is 0 Å². The Morgan fingerprint density at radius 2 is 2.31 bits per heavy atom. The lowest BCUT2D eigenvalue weighted by molar-refractivity contribution is 0.311. The Morgan fingerprint density at radius 1 is 1.62 bits per heavy atom. The Kier molecular flexibility index (Phi) is 3.24. The van der Waals surface area contributed by atoms with E-state index in [1.807, 2.05) is 0 Å². The van der Waals surface area contributed by atoms with Gasteiger partial charge in [-0.2, -0.15) is 8.42 Å². The molecule has 4 nitrogen and oxygen atoms in total. The van der Waals surface area contributed by atoms with Crippen LogP contribution in [-0.4, -0.2) is 19.7 Å². The maximum absolute atomic E-state index is 10.6. The van der Waals surface area contributed by atoms with Crippen LogP contribution in [0.15, 0.2) is 18.5 Å². The van der Waals surface area contributed by atoms with Gasteiger partial charge in [0.2, 0.25) is 0 Å². The Balaban J connectivity index is 2.71. The zero-order valence-corrected chi connectivity index (χ0v) is 8.47. The molecule has 72 valence electrons. The van der Waals surface area contributed by atoms with E-state index in [1.165, 1.54) is 12.4 Å². The molecule has 0 fully saturated rings. The highest BCUT2D eigenvalue weighted by molar-refractivity contribution is 7.85. The van der Waals surface area contributed by atoms with Gasteiger partial charge in [-0.3, -0.25) is 9.17 Å². The van der Waals surface area contributed by atoms with Crippen molar-refractivity contribution in [1.82, 2.24) is 4.98 Å². The summed E-state index contributed by atoms with van der Waals surface area (Å²) >= 11 is 5.72. The van der Waals surface area contributed by atoms with E-state index in [2.05, 4.69) is 9.17 Å². The maximum atomic E-state index is 10.6. The molecule has 1 aromatic rings. The minimum atomic E-state index is -3.42. The lowest BCUT2D eigenvalue weighted by Crippen LogP contribution is -2.02. The third kappa shape index (κ3) is 3.71. The SMILES string of the molecule is CS(=O)(=O)OCc1ccncc1Cl. The molecule has 0 spiro atoms. The molecule has 6 heteroatoms. The molecule has 0 saturated heterocycles. The van der Waals surface area contributed by atoms with E-state index in [9.17, 15) is 8.42 Å². The van der Waals surface area contributed by atoms with Gasteiger partial charge in [-0.15, -0.1) is 0 Å². The molecular weight excluding hydrogens is 214 g/mol. The fraction of sp³-hybridized carbons (Fsp3) is 0.286. The molecule has 0 aliphatic rings. The highest BCUT2D eigenvalue weighted by Crippen LogP contribution is 2.14. The number of hydrogen-bond acceptors (Lipinski definition) is 4. The number of pyridine rings is 1. The van der Waals surface area contributed by atoms with Gasteiger partial charge in [-0.05, 0) is 6.07 Å². The van der Waals surface area contributed by atoms with Crippen LogP contribution >= 0.6 is 11.6 Å². The third-order valence-corrected chi connectivity index (χ3v) is 2.17. The molecule has 0 saturated carbocycles. The zero-order valence-electron chi connectivity index (χ0n) is 6.90. The van der Waals surface area contributed by atoms with Gasteiger partial charge in [-0.25, -0.2) is 0 Å². The first kappa shape index (κ1) is 10.4.